The van der Waals surface area contributed by atoms with Crippen molar-refractivity contribution in [1.82, 2.24) is 0 Å². The Balaban J connectivity index is 3.38. The van der Waals surface area contributed by atoms with E-state index in [9.17, 15) is 17.8 Å². The first-order valence-corrected chi connectivity index (χ1v) is 4.22. The number of hydrogen-bond acceptors (Lipinski definition) is 2. The number of halogens is 2. The third-order valence-corrected chi connectivity index (χ3v) is 2.06. The van der Waals surface area contributed by atoms with Crippen LogP contribution >= 0.6 is 0 Å². The smallest absolute Gasteiger partial charge is 0.189 e. The van der Waals surface area contributed by atoms with Crippen molar-refractivity contribution in [2.75, 3.05) is 0 Å². The van der Waals surface area contributed by atoms with Crippen molar-refractivity contribution in [3.05, 3.63) is 29.3 Å². The Labute approximate surface area is 74.7 Å². The number of benzene rings is 1. The molecular formula is C7H4F2O3S. The lowest BCUT2D eigenvalue weighted by Crippen LogP contribution is -1.98. The lowest BCUT2D eigenvalue weighted by atomic mass is 10.2. The molecule has 0 bridgehead atoms. The summed E-state index contributed by atoms with van der Waals surface area (Å²) in [6.07, 6.45) is 0.144. The zero-order valence-electron chi connectivity index (χ0n) is 6.16. The predicted octanol–water partition coefficient (Wildman–Crippen LogP) is 1.36. The highest BCUT2D eigenvalue weighted by Gasteiger charge is 2.12. The number of aldehydes is 1. The van der Waals surface area contributed by atoms with Crippen LogP contribution in [0.4, 0.5) is 8.78 Å². The van der Waals surface area contributed by atoms with Crippen molar-refractivity contribution in [3.8, 4) is 0 Å². The number of carbonyl (C=O) groups is 1. The van der Waals surface area contributed by atoms with Crippen LogP contribution in [0.3, 0.4) is 0 Å². The van der Waals surface area contributed by atoms with Crippen LogP contribution in [0.15, 0.2) is 17.0 Å². The summed E-state index contributed by atoms with van der Waals surface area (Å²) >= 11 is -2.56. The van der Waals surface area contributed by atoms with E-state index in [2.05, 4.69) is 0 Å². The van der Waals surface area contributed by atoms with Gasteiger partial charge in [-0.1, -0.05) is 0 Å². The summed E-state index contributed by atoms with van der Waals surface area (Å²) in [4.78, 5) is 9.56. The third kappa shape index (κ3) is 1.96. The largest absolute Gasteiger partial charge is 0.302 e. The molecule has 1 rings (SSSR count). The summed E-state index contributed by atoms with van der Waals surface area (Å²) in [5, 5.41) is 0. The van der Waals surface area contributed by atoms with Gasteiger partial charge in [-0.15, -0.1) is 0 Å². The molecule has 0 aliphatic rings. The minimum absolute atomic E-state index is 0.144. The van der Waals surface area contributed by atoms with Gasteiger partial charge in [0.1, 0.15) is 16.5 Å². The highest BCUT2D eigenvalue weighted by molar-refractivity contribution is 7.79. The van der Waals surface area contributed by atoms with Crippen LogP contribution in [-0.2, 0) is 11.1 Å². The first-order chi connectivity index (χ1) is 6.06. The number of rotatable bonds is 2. The molecule has 0 aromatic heterocycles. The normalized spacial score (nSPS) is 12.5. The van der Waals surface area contributed by atoms with Crippen molar-refractivity contribution in [2.24, 2.45) is 0 Å². The van der Waals surface area contributed by atoms with Gasteiger partial charge in [0.25, 0.3) is 0 Å². The second-order valence-electron chi connectivity index (χ2n) is 2.17. The third-order valence-electron chi connectivity index (χ3n) is 1.37. The molecule has 0 saturated carbocycles. The van der Waals surface area contributed by atoms with Crippen LogP contribution in [0.5, 0.6) is 0 Å². The zero-order valence-corrected chi connectivity index (χ0v) is 6.98. The number of hydrogen-bond donors (Lipinski definition) is 1. The summed E-state index contributed by atoms with van der Waals surface area (Å²) in [7, 11) is 0. The standard InChI is InChI=1S/C7H4F2O3S/c8-5-2-6(9)7(13(11)12)1-4(5)3-10/h1-3H,(H,11,12). The van der Waals surface area contributed by atoms with Crippen molar-refractivity contribution >= 4 is 17.4 Å². The summed E-state index contributed by atoms with van der Waals surface area (Å²) in [6, 6.07) is 1.10. The number of carbonyl (C=O) groups excluding carboxylic acids is 1. The minimum atomic E-state index is -2.56. The van der Waals surface area contributed by atoms with Crippen molar-refractivity contribution < 1.29 is 22.3 Å². The Morgan fingerprint density at radius 2 is 1.92 bits per heavy atom. The van der Waals surface area contributed by atoms with E-state index in [0.29, 0.717) is 12.1 Å². The first kappa shape index (κ1) is 9.94. The lowest BCUT2D eigenvalue weighted by Gasteiger charge is -1.99. The highest BCUT2D eigenvalue weighted by atomic mass is 32.2. The molecule has 0 radical (unpaired) electrons. The van der Waals surface area contributed by atoms with Crippen LogP contribution in [0, 0.1) is 11.6 Å². The monoisotopic (exact) mass is 206 g/mol. The average Bonchev–Trinajstić information content (AvgIpc) is 2.03. The van der Waals surface area contributed by atoms with Crippen LogP contribution in [0.1, 0.15) is 10.4 Å². The van der Waals surface area contributed by atoms with E-state index in [4.69, 9.17) is 4.55 Å². The summed E-state index contributed by atoms with van der Waals surface area (Å²) < 4.78 is 44.3. The van der Waals surface area contributed by atoms with Crippen LogP contribution in [0.2, 0.25) is 0 Å². The fourth-order valence-electron chi connectivity index (χ4n) is 0.769. The van der Waals surface area contributed by atoms with Gasteiger partial charge >= 0.3 is 0 Å². The van der Waals surface area contributed by atoms with Crippen molar-refractivity contribution in [3.63, 3.8) is 0 Å². The molecule has 13 heavy (non-hydrogen) atoms. The fourth-order valence-corrected chi connectivity index (χ4v) is 1.22. The van der Waals surface area contributed by atoms with Crippen LogP contribution < -0.4 is 0 Å². The van der Waals surface area contributed by atoms with Gasteiger partial charge in [-0.25, -0.2) is 13.0 Å². The Kier molecular flexibility index (Phi) is 2.84. The second-order valence-corrected chi connectivity index (χ2v) is 3.11. The Hall–Kier alpha value is -1.14. The first-order valence-electron chi connectivity index (χ1n) is 3.11. The van der Waals surface area contributed by atoms with E-state index in [1.165, 1.54) is 0 Å². The van der Waals surface area contributed by atoms with Gasteiger partial charge in [0.2, 0.25) is 0 Å². The molecule has 0 amide bonds. The van der Waals surface area contributed by atoms with Gasteiger partial charge in [-0.2, -0.15) is 0 Å². The molecular weight excluding hydrogens is 202 g/mol. The summed E-state index contributed by atoms with van der Waals surface area (Å²) in [5.74, 6) is -2.20. The lowest BCUT2D eigenvalue weighted by molar-refractivity contribution is 0.111. The predicted molar refractivity (Wildman–Crippen MR) is 40.8 cm³/mol. The molecule has 0 saturated heterocycles. The van der Waals surface area contributed by atoms with Crippen LogP contribution in [-0.4, -0.2) is 15.0 Å². The maximum atomic E-state index is 12.7. The quantitative estimate of drug-likeness (QED) is 0.587. The topological polar surface area (TPSA) is 54.4 Å². The molecule has 0 fully saturated rings. The molecule has 1 aromatic rings. The van der Waals surface area contributed by atoms with Crippen LogP contribution in [0.25, 0.3) is 0 Å². The molecule has 0 aliphatic heterocycles. The maximum Gasteiger partial charge on any atom is 0.189 e. The molecule has 0 aliphatic carbocycles. The van der Waals surface area contributed by atoms with Crippen molar-refractivity contribution in [2.45, 2.75) is 4.90 Å². The maximum absolute atomic E-state index is 12.7. The summed E-state index contributed by atoms with van der Waals surface area (Å²) in [5.41, 5.74) is -0.446. The molecule has 0 heterocycles. The van der Waals surface area contributed by atoms with E-state index in [0.717, 1.165) is 0 Å². The SMILES string of the molecule is O=Cc1cc(S(=O)O)c(F)cc1F. The van der Waals surface area contributed by atoms with Gasteiger partial charge in [0.15, 0.2) is 17.4 Å². The summed E-state index contributed by atoms with van der Waals surface area (Å²) in [6.45, 7) is 0. The van der Waals surface area contributed by atoms with Gasteiger partial charge in [0.05, 0.1) is 5.56 Å². The van der Waals surface area contributed by atoms with E-state index in [1.807, 2.05) is 0 Å². The van der Waals surface area contributed by atoms with E-state index in [1.54, 1.807) is 0 Å². The molecule has 0 spiro atoms. The molecule has 1 N–H and O–H groups in total. The minimum Gasteiger partial charge on any atom is -0.302 e. The van der Waals surface area contributed by atoms with Crippen molar-refractivity contribution in [1.29, 1.82) is 0 Å². The molecule has 3 nitrogen and oxygen atoms in total. The zero-order chi connectivity index (χ0) is 10.0. The van der Waals surface area contributed by atoms with Gasteiger partial charge in [0, 0.05) is 6.07 Å². The molecule has 6 heteroatoms. The van der Waals surface area contributed by atoms with E-state index < -0.39 is 33.2 Å². The highest BCUT2D eigenvalue weighted by Crippen LogP contribution is 2.15. The Morgan fingerprint density at radius 1 is 1.31 bits per heavy atom. The Bertz CT molecular complexity index is 378. The van der Waals surface area contributed by atoms with E-state index >= 15 is 0 Å². The molecule has 1 aromatic carbocycles. The average molecular weight is 206 g/mol. The fraction of sp³-hybridized carbons (Fsp3) is 0. The molecule has 1 atom stereocenters. The molecule has 1 unspecified atom stereocenters. The van der Waals surface area contributed by atoms with Gasteiger partial charge < -0.3 is 4.55 Å². The molecule has 70 valence electrons. The Morgan fingerprint density at radius 3 is 2.38 bits per heavy atom. The van der Waals surface area contributed by atoms with E-state index in [-0.39, 0.29) is 6.29 Å². The van der Waals surface area contributed by atoms with Gasteiger partial charge in [-0.05, 0) is 6.07 Å². The van der Waals surface area contributed by atoms with Gasteiger partial charge in [-0.3, -0.25) is 4.79 Å². The second kappa shape index (κ2) is 3.71.